The zero-order chi connectivity index (χ0) is 12.7. The van der Waals surface area contributed by atoms with Crippen LogP contribution < -0.4 is 5.32 Å². The van der Waals surface area contributed by atoms with Crippen molar-refractivity contribution in [1.82, 2.24) is 0 Å². The van der Waals surface area contributed by atoms with E-state index >= 15 is 0 Å². The molecule has 6 heteroatoms. The Hall–Kier alpha value is -1.66. The van der Waals surface area contributed by atoms with Crippen LogP contribution in [0.5, 0.6) is 0 Å². The molecule has 1 aromatic rings. The van der Waals surface area contributed by atoms with E-state index in [1.807, 2.05) is 0 Å². The van der Waals surface area contributed by atoms with Crippen LogP contribution in [0.4, 0.5) is 11.4 Å². The zero-order valence-electron chi connectivity index (χ0n) is 9.68. The van der Waals surface area contributed by atoms with Gasteiger partial charge in [0.1, 0.15) is 0 Å². The third-order valence-corrected chi connectivity index (χ3v) is 2.20. The minimum Gasteiger partial charge on any atom is -0.394 e. The molecule has 0 heterocycles. The monoisotopic (exact) mass is 240 g/mol. The van der Waals surface area contributed by atoms with Gasteiger partial charge in [0.15, 0.2) is 0 Å². The second kappa shape index (κ2) is 6.82. The fourth-order valence-electron chi connectivity index (χ4n) is 1.40. The number of rotatable bonds is 7. The molecule has 0 radical (unpaired) electrons. The molecule has 0 aliphatic rings. The predicted molar refractivity (Wildman–Crippen MR) is 64.2 cm³/mol. The molecule has 0 spiro atoms. The number of hydrogen-bond acceptors (Lipinski definition) is 5. The molecule has 0 unspecified atom stereocenters. The predicted octanol–water partition coefficient (Wildman–Crippen LogP) is 1.32. The Morgan fingerprint density at radius 1 is 1.47 bits per heavy atom. The maximum absolute atomic E-state index is 10.6. The summed E-state index contributed by atoms with van der Waals surface area (Å²) < 4.78 is 5.08. The molecular formula is C11H16N2O4. The topological polar surface area (TPSA) is 84.6 Å². The molecule has 1 rings (SSSR count). The van der Waals surface area contributed by atoms with Gasteiger partial charge in [0.25, 0.3) is 5.69 Å². The quantitative estimate of drug-likeness (QED) is 0.426. The summed E-state index contributed by atoms with van der Waals surface area (Å²) in [5.74, 6) is 0. The Morgan fingerprint density at radius 3 is 2.82 bits per heavy atom. The number of aryl methyl sites for hydroxylation is 1. The minimum atomic E-state index is -0.399. The molecule has 0 aromatic heterocycles. The van der Waals surface area contributed by atoms with Gasteiger partial charge >= 0.3 is 0 Å². The number of aliphatic hydroxyl groups excluding tert-OH is 1. The van der Waals surface area contributed by atoms with Gasteiger partial charge in [0, 0.05) is 23.9 Å². The van der Waals surface area contributed by atoms with Crippen molar-refractivity contribution in [3.63, 3.8) is 0 Å². The van der Waals surface area contributed by atoms with E-state index in [1.54, 1.807) is 19.1 Å². The second-order valence-corrected chi connectivity index (χ2v) is 3.52. The summed E-state index contributed by atoms with van der Waals surface area (Å²) in [6.45, 7) is 3.11. The van der Waals surface area contributed by atoms with E-state index in [-0.39, 0.29) is 12.3 Å². The third-order valence-electron chi connectivity index (χ3n) is 2.20. The van der Waals surface area contributed by atoms with E-state index in [9.17, 15) is 10.1 Å². The van der Waals surface area contributed by atoms with Crippen molar-refractivity contribution in [3.8, 4) is 0 Å². The van der Waals surface area contributed by atoms with Crippen LogP contribution in [0.1, 0.15) is 5.56 Å². The maximum atomic E-state index is 10.6. The number of nitro benzene ring substituents is 1. The fourth-order valence-corrected chi connectivity index (χ4v) is 1.40. The second-order valence-electron chi connectivity index (χ2n) is 3.52. The van der Waals surface area contributed by atoms with Crippen molar-refractivity contribution in [3.05, 3.63) is 33.9 Å². The minimum absolute atomic E-state index is 0.0106. The summed E-state index contributed by atoms with van der Waals surface area (Å²) in [6, 6.07) is 4.87. The summed E-state index contributed by atoms with van der Waals surface area (Å²) in [6.07, 6.45) is 0. The van der Waals surface area contributed by atoms with Crippen LogP contribution >= 0.6 is 0 Å². The summed E-state index contributed by atoms with van der Waals surface area (Å²) in [5.41, 5.74) is 1.56. The SMILES string of the molecule is Cc1cc(NCCOCCO)ccc1[N+](=O)[O-]. The van der Waals surface area contributed by atoms with Gasteiger partial charge in [0.2, 0.25) is 0 Å². The van der Waals surface area contributed by atoms with Crippen LogP contribution in [0.3, 0.4) is 0 Å². The first kappa shape index (κ1) is 13.4. The Balaban J connectivity index is 2.45. The van der Waals surface area contributed by atoms with E-state index in [4.69, 9.17) is 9.84 Å². The molecule has 0 saturated heterocycles. The smallest absolute Gasteiger partial charge is 0.272 e. The van der Waals surface area contributed by atoms with Crippen molar-refractivity contribution >= 4 is 11.4 Å². The van der Waals surface area contributed by atoms with Gasteiger partial charge in [-0.05, 0) is 19.1 Å². The molecule has 0 bridgehead atoms. The van der Waals surface area contributed by atoms with E-state index in [2.05, 4.69) is 5.32 Å². The van der Waals surface area contributed by atoms with Crippen LogP contribution in [0.25, 0.3) is 0 Å². The Labute approximate surface area is 99.4 Å². The van der Waals surface area contributed by atoms with Gasteiger partial charge in [-0.15, -0.1) is 0 Å². The lowest BCUT2D eigenvalue weighted by atomic mass is 10.2. The number of nitrogens with zero attached hydrogens (tertiary/aromatic N) is 1. The first-order valence-corrected chi connectivity index (χ1v) is 5.32. The zero-order valence-corrected chi connectivity index (χ0v) is 9.68. The maximum Gasteiger partial charge on any atom is 0.272 e. The molecule has 17 heavy (non-hydrogen) atoms. The van der Waals surface area contributed by atoms with Gasteiger partial charge in [-0.2, -0.15) is 0 Å². The normalized spacial score (nSPS) is 10.2. The number of hydrogen-bond donors (Lipinski definition) is 2. The highest BCUT2D eigenvalue weighted by Gasteiger charge is 2.09. The van der Waals surface area contributed by atoms with Crippen molar-refractivity contribution in [2.75, 3.05) is 31.7 Å². The average Bonchev–Trinajstić information content (AvgIpc) is 2.28. The number of aliphatic hydroxyl groups is 1. The molecule has 0 aliphatic carbocycles. The molecule has 0 saturated carbocycles. The van der Waals surface area contributed by atoms with Gasteiger partial charge in [-0.1, -0.05) is 0 Å². The van der Waals surface area contributed by atoms with E-state index in [1.165, 1.54) is 6.07 Å². The Bertz CT molecular complexity index is 382. The third kappa shape index (κ3) is 4.38. The van der Waals surface area contributed by atoms with Crippen LogP contribution in [-0.4, -0.2) is 36.4 Å². The van der Waals surface area contributed by atoms with Gasteiger partial charge in [-0.3, -0.25) is 10.1 Å². The Kier molecular flexibility index (Phi) is 5.38. The number of nitro groups is 1. The molecule has 94 valence electrons. The lowest BCUT2D eigenvalue weighted by Crippen LogP contribution is -2.11. The van der Waals surface area contributed by atoms with E-state index in [0.29, 0.717) is 25.3 Å². The molecule has 1 aromatic carbocycles. The van der Waals surface area contributed by atoms with E-state index in [0.717, 1.165) is 5.69 Å². The number of ether oxygens (including phenoxy) is 1. The molecular weight excluding hydrogens is 224 g/mol. The van der Waals surface area contributed by atoms with E-state index < -0.39 is 4.92 Å². The highest BCUT2D eigenvalue weighted by Crippen LogP contribution is 2.21. The molecule has 6 nitrogen and oxygen atoms in total. The summed E-state index contributed by atoms with van der Waals surface area (Å²) in [5, 5.41) is 22.2. The average molecular weight is 240 g/mol. The molecule has 0 fully saturated rings. The Morgan fingerprint density at radius 2 is 2.24 bits per heavy atom. The highest BCUT2D eigenvalue weighted by molar-refractivity contribution is 5.53. The van der Waals surface area contributed by atoms with Crippen LogP contribution in [-0.2, 0) is 4.74 Å². The van der Waals surface area contributed by atoms with Gasteiger partial charge in [0.05, 0.1) is 24.7 Å². The molecule has 2 N–H and O–H groups in total. The lowest BCUT2D eigenvalue weighted by molar-refractivity contribution is -0.385. The lowest BCUT2D eigenvalue weighted by Gasteiger charge is -2.07. The number of benzene rings is 1. The van der Waals surface area contributed by atoms with Crippen molar-refractivity contribution < 1.29 is 14.8 Å². The molecule has 0 amide bonds. The summed E-state index contributed by atoms with van der Waals surface area (Å²) in [4.78, 5) is 10.2. The van der Waals surface area contributed by atoms with Gasteiger partial charge < -0.3 is 15.2 Å². The number of anilines is 1. The van der Waals surface area contributed by atoms with Gasteiger partial charge in [-0.25, -0.2) is 0 Å². The van der Waals surface area contributed by atoms with Crippen molar-refractivity contribution in [2.45, 2.75) is 6.92 Å². The number of nitrogens with one attached hydrogen (secondary N) is 1. The summed E-state index contributed by atoms with van der Waals surface area (Å²) in [7, 11) is 0. The molecule has 0 aliphatic heterocycles. The van der Waals surface area contributed by atoms with Crippen LogP contribution in [0, 0.1) is 17.0 Å². The van der Waals surface area contributed by atoms with Crippen molar-refractivity contribution in [2.24, 2.45) is 0 Å². The first-order valence-electron chi connectivity index (χ1n) is 5.32. The molecule has 0 atom stereocenters. The largest absolute Gasteiger partial charge is 0.394 e. The first-order chi connectivity index (χ1) is 8.15. The van der Waals surface area contributed by atoms with Crippen LogP contribution in [0.15, 0.2) is 18.2 Å². The highest BCUT2D eigenvalue weighted by atomic mass is 16.6. The fraction of sp³-hybridized carbons (Fsp3) is 0.455. The van der Waals surface area contributed by atoms with Crippen molar-refractivity contribution in [1.29, 1.82) is 0 Å². The summed E-state index contributed by atoms with van der Waals surface area (Å²) >= 11 is 0. The standard InChI is InChI=1S/C11H16N2O4/c1-9-8-10(2-3-11(9)13(15)16)12-4-6-17-7-5-14/h2-3,8,12,14H,4-7H2,1H3. The van der Waals surface area contributed by atoms with Crippen LogP contribution in [0.2, 0.25) is 0 Å².